The molecule has 1 aromatic carbocycles. The molecule has 5 nitrogen and oxygen atoms in total. The summed E-state index contributed by atoms with van der Waals surface area (Å²) in [5.41, 5.74) is 0.728. The van der Waals surface area contributed by atoms with Crippen LogP contribution in [0.2, 0.25) is 0 Å². The van der Waals surface area contributed by atoms with Gasteiger partial charge in [-0.05, 0) is 52.9 Å². The van der Waals surface area contributed by atoms with Gasteiger partial charge in [-0.3, -0.25) is 0 Å². The molecular weight excluding hydrogens is 336 g/mol. The highest BCUT2D eigenvalue weighted by Crippen LogP contribution is 2.34. The number of benzene rings is 1. The monoisotopic (exact) mass is 354 g/mol. The van der Waals surface area contributed by atoms with Gasteiger partial charge in [0, 0.05) is 10.5 Å². The van der Waals surface area contributed by atoms with E-state index < -0.39 is 5.97 Å². The van der Waals surface area contributed by atoms with Crippen molar-refractivity contribution in [3.05, 3.63) is 28.2 Å². The minimum absolute atomic E-state index is 0.174. The number of nitrogens with one attached hydrogen (secondary N) is 2. The number of halogens is 1. The maximum Gasteiger partial charge on any atom is 0.335 e. The Kier molecular flexibility index (Phi) is 5.22. The minimum atomic E-state index is -0.998. The highest BCUT2D eigenvalue weighted by atomic mass is 79.9. The first-order chi connectivity index (χ1) is 9.99. The lowest BCUT2D eigenvalue weighted by Crippen LogP contribution is -2.38. The van der Waals surface area contributed by atoms with Crippen molar-refractivity contribution in [2.75, 3.05) is 5.32 Å². The van der Waals surface area contributed by atoms with Crippen molar-refractivity contribution in [1.82, 2.24) is 5.32 Å². The summed E-state index contributed by atoms with van der Waals surface area (Å²) in [6.07, 6.45) is 4.47. The second-order valence-corrected chi connectivity index (χ2v) is 6.24. The molecule has 6 heteroatoms. The van der Waals surface area contributed by atoms with Gasteiger partial charge in [0.15, 0.2) is 0 Å². The maximum atomic E-state index is 12.0. The summed E-state index contributed by atoms with van der Waals surface area (Å²) in [7, 11) is 0. The zero-order chi connectivity index (χ0) is 15.4. The van der Waals surface area contributed by atoms with Crippen LogP contribution in [0.15, 0.2) is 22.7 Å². The van der Waals surface area contributed by atoms with Gasteiger partial charge in [-0.25, -0.2) is 9.59 Å². The largest absolute Gasteiger partial charge is 0.478 e. The van der Waals surface area contributed by atoms with E-state index >= 15 is 0 Å². The molecule has 0 saturated heterocycles. The van der Waals surface area contributed by atoms with Crippen LogP contribution in [0.4, 0.5) is 10.5 Å². The Bertz CT molecular complexity index is 544. The van der Waals surface area contributed by atoms with Crippen molar-refractivity contribution in [3.63, 3.8) is 0 Å². The van der Waals surface area contributed by atoms with E-state index in [1.165, 1.54) is 25.0 Å². The lowest BCUT2D eigenvalue weighted by atomic mass is 10.1. The fourth-order valence-corrected chi connectivity index (χ4v) is 2.65. The molecule has 0 aromatic heterocycles. The second kappa shape index (κ2) is 6.93. The van der Waals surface area contributed by atoms with Gasteiger partial charge < -0.3 is 15.7 Å². The van der Waals surface area contributed by atoms with Crippen molar-refractivity contribution in [3.8, 4) is 0 Å². The van der Waals surface area contributed by atoms with Crippen molar-refractivity contribution < 1.29 is 14.7 Å². The molecule has 1 aromatic rings. The van der Waals surface area contributed by atoms with Crippen LogP contribution in [0.5, 0.6) is 0 Å². The molecule has 0 radical (unpaired) electrons. The zero-order valence-electron chi connectivity index (χ0n) is 11.9. The SMILES string of the molecule is CCC(CC1CC1)NC(=O)Nc1ccc(C(=O)O)cc1Br. The fraction of sp³-hybridized carbons (Fsp3) is 0.467. The Labute approximate surface area is 132 Å². The molecule has 1 aliphatic rings. The molecule has 0 spiro atoms. The molecule has 21 heavy (non-hydrogen) atoms. The number of carboxylic acids is 1. The number of amides is 2. The van der Waals surface area contributed by atoms with Crippen LogP contribution in [-0.4, -0.2) is 23.1 Å². The van der Waals surface area contributed by atoms with E-state index in [-0.39, 0.29) is 17.6 Å². The van der Waals surface area contributed by atoms with E-state index in [9.17, 15) is 9.59 Å². The average molecular weight is 355 g/mol. The normalized spacial score (nSPS) is 15.3. The second-order valence-electron chi connectivity index (χ2n) is 5.38. The summed E-state index contributed by atoms with van der Waals surface area (Å²) in [5.74, 6) is -0.237. The number of aromatic carboxylic acids is 1. The van der Waals surface area contributed by atoms with Gasteiger partial charge in [0.1, 0.15) is 0 Å². The van der Waals surface area contributed by atoms with Crippen molar-refractivity contribution in [2.24, 2.45) is 5.92 Å². The van der Waals surface area contributed by atoms with E-state index in [1.807, 2.05) is 0 Å². The Balaban J connectivity index is 1.93. The lowest BCUT2D eigenvalue weighted by molar-refractivity contribution is 0.0697. The molecule has 2 rings (SSSR count). The Hall–Kier alpha value is -1.56. The minimum Gasteiger partial charge on any atom is -0.478 e. The summed E-state index contributed by atoms with van der Waals surface area (Å²) in [4.78, 5) is 22.9. The van der Waals surface area contributed by atoms with E-state index in [0.29, 0.717) is 10.2 Å². The molecule has 1 unspecified atom stereocenters. The Morgan fingerprint density at radius 2 is 2.14 bits per heavy atom. The number of hydrogen-bond acceptors (Lipinski definition) is 2. The molecule has 1 aliphatic carbocycles. The third-order valence-corrected chi connectivity index (χ3v) is 4.26. The highest BCUT2D eigenvalue weighted by Gasteiger charge is 2.25. The van der Waals surface area contributed by atoms with Gasteiger partial charge in [0.25, 0.3) is 0 Å². The summed E-state index contributed by atoms with van der Waals surface area (Å²) < 4.78 is 0.549. The molecule has 1 fully saturated rings. The fourth-order valence-electron chi connectivity index (χ4n) is 2.18. The third-order valence-electron chi connectivity index (χ3n) is 3.61. The Morgan fingerprint density at radius 1 is 1.43 bits per heavy atom. The molecule has 1 atom stereocenters. The smallest absolute Gasteiger partial charge is 0.335 e. The van der Waals surface area contributed by atoms with Gasteiger partial charge >= 0.3 is 12.0 Å². The molecule has 0 heterocycles. The van der Waals surface area contributed by atoms with Gasteiger partial charge in [-0.1, -0.05) is 19.8 Å². The third kappa shape index (κ3) is 4.74. The number of urea groups is 1. The van der Waals surface area contributed by atoms with Crippen LogP contribution in [0.3, 0.4) is 0 Å². The predicted octanol–water partition coefficient (Wildman–Crippen LogP) is 3.85. The van der Waals surface area contributed by atoms with Crippen LogP contribution >= 0.6 is 15.9 Å². The summed E-state index contributed by atoms with van der Waals surface area (Å²) in [6.45, 7) is 2.06. The summed E-state index contributed by atoms with van der Waals surface area (Å²) in [5, 5.41) is 14.6. The quantitative estimate of drug-likeness (QED) is 0.725. The molecule has 0 bridgehead atoms. The number of carbonyl (C=O) groups excluding carboxylic acids is 1. The molecule has 3 N–H and O–H groups in total. The molecule has 0 aliphatic heterocycles. The molecule has 2 amide bonds. The van der Waals surface area contributed by atoms with Crippen LogP contribution in [0, 0.1) is 5.92 Å². The first-order valence-corrected chi connectivity index (χ1v) is 7.89. The van der Waals surface area contributed by atoms with E-state index in [0.717, 1.165) is 18.8 Å². The highest BCUT2D eigenvalue weighted by molar-refractivity contribution is 9.10. The number of carbonyl (C=O) groups is 2. The van der Waals surface area contributed by atoms with E-state index in [4.69, 9.17) is 5.11 Å². The van der Waals surface area contributed by atoms with Crippen molar-refractivity contribution in [2.45, 2.75) is 38.6 Å². The van der Waals surface area contributed by atoms with E-state index in [1.54, 1.807) is 6.07 Å². The zero-order valence-corrected chi connectivity index (χ0v) is 13.4. The van der Waals surface area contributed by atoms with Gasteiger partial charge in [0.05, 0.1) is 11.3 Å². The first-order valence-electron chi connectivity index (χ1n) is 7.10. The summed E-state index contributed by atoms with van der Waals surface area (Å²) >= 11 is 3.27. The Morgan fingerprint density at radius 3 is 2.67 bits per heavy atom. The molecular formula is C15H19BrN2O3. The number of anilines is 1. The van der Waals surface area contributed by atoms with E-state index in [2.05, 4.69) is 33.5 Å². The lowest BCUT2D eigenvalue weighted by Gasteiger charge is -2.17. The van der Waals surface area contributed by atoms with Crippen LogP contribution in [-0.2, 0) is 0 Å². The number of carboxylic acid groups (broad SMARTS) is 1. The van der Waals surface area contributed by atoms with Gasteiger partial charge in [-0.15, -0.1) is 0 Å². The van der Waals surface area contributed by atoms with Gasteiger partial charge in [0.2, 0.25) is 0 Å². The van der Waals surface area contributed by atoms with Crippen molar-refractivity contribution in [1.29, 1.82) is 0 Å². The average Bonchev–Trinajstić information content (AvgIpc) is 3.24. The topological polar surface area (TPSA) is 78.4 Å². The number of hydrogen-bond donors (Lipinski definition) is 3. The van der Waals surface area contributed by atoms with Crippen LogP contribution in [0.1, 0.15) is 43.0 Å². The maximum absolute atomic E-state index is 12.0. The first kappa shape index (κ1) is 15.8. The van der Waals surface area contributed by atoms with Gasteiger partial charge in [-0.2, -0.15) is 0 Å². The standard InChI is InChI=1S/C15H19BrN2O3/c1-2-11(7-9-3-4-9)17-15(21)18-13-6-5-10(14(19)20)8-12(13)16/h5-6,8-9,11H,2-4,7H2,1H3,(H,19,20)(H2,17,18,21). The van der Waals surface area contributed by atoms with Crippen molar-refractivity contribution >= 4 is 33.6 Å². The molecule has 1 saturated carbocycles. The summed E-state index contributed by atoms with van der Waals surface area (Å²) in [6, 6.07) is 4.44. The predicted molar refractivity (Wildman–Crippen MR) is 84.7 cm³/mol. The number of rotatable bonds is 6. The van der Waals surface area contributed by atoms with Crippen LogP contribution in [0.25, 0.3) is 0 Å². The van der Waals surface area contributed by atoms with Crippen LogP contribution < -0.4 is 10.6 Å². The molecule has 114 valence electrons.